The van der Waals surface area contributed by atoms with Crippen molar-refractivity contribution in [1.29, 1.82) is 0 Å². The standard InChI is InChI=1S/C18H21N3O4/c1-13-4-3-5-14(8-13)24-12-18(22)21-7-6-15(11-21)25-17-10-19-9-16(20-17)23-2/h3-5,8-10,15H,6-7,11-12H2,1-2H3. The predicted molar refractivity (Wildman–Crippen MR) is 90.9 cm³/mol. The van der Waals surface area contributed by atoms with Gasteiger partial charge in [0.2, 0.25) is 11.8 Å². The molecule has 0 spiro atoms. The van der Waals surface area contributed by atoms with Crippen LogP contribution in [0.25, 0.3) is 0 Å². The second-order valence-electron chi connectivity index (χ2n) is 5.87. The fraction of sp³-hybridized carbons (Fsp3) is 0.389. The second kappa shape index (κ2) is 7.83. The highest BCUT2D eigenvalue weighted by Gasteiger charge is 2.28. The Bertz CT molecular complexity index is 738. The van der Waals surface area contributed by atoms with Crippen LogP contribution in [-0.2, 0) is 4.79 Å². The highest BCUT2D eigenvalue weighted by atomic mass is 16.5. The van der Waals surface area contributed by atoms with Crippen LogP contribution in [0.3, 0.4) is 0 Å². The molecule has 1 amide bonds. The van der Waals surface area contributed by atoms with Gasteiger partial charge in [-0.3, -0.25) is 9.78 Å². The quantitative estimate of drug-likeness (QED) is 0.797. The summed E-state index contributed by atoms with van der Waals surface area (Å²) in [5.41, 5.74) is 1.10. The van der Waals surface area contributed by atoms with Crippen molar-refractivity contribution in [3.63, 3.8) is 0 Å². The molecular weight excluding hydrogens is 322 g/mol. The van der Waals surface area contributed by atoms with E-state index in [0.717, 1.165) is 12.0 Å². The van der Waals surface area contributed by atoms with Crippen LogP contribution in [-0.4, -0.2) is 53.7 Å². The SMILES string of the molecule is COc1cncc(OC2CCN(C(=O)COc3cccc(C)c3)C2)n1. The Hall–Kier alpha value is -2.83. The van der Waals surface area contributed by atoms with E-state index in [1.54, 1.807) is 4.90 Å². The van der Waals surface area contributed by atoms with Crippen LogP contribution in [0.5, 0.6) is 17.5 Å². The van der Waals surface area contributed by atoms with Gasteiger partial charge in [0, 0.05) is 13.0 Å². The van der Waals surface area contributed by atoms with Crippen molar-refractivity contribution in [3.8, 4) is 17.5 Å². The average Bonchev–Trinajstić information content (AvgIpc) is 3.08. The van der Waals surface area contributed by atoms with Crippen LogP contribution in [0.1, 0.15) is 12.0 Å². The minimum Gasteiger partial charge on any atom is -0.484 e. The molecule has 7 heteroatoms. The summed E-state index contributed by atoms with van der Waals surface area (Å²) in [6, 6.07) is 7.64. The van der Waals surface area contributed by atoms with Crippen molar-refractivity contribution in [2.24, 2.45) is 0 Å². The van der Waals surface area contributed by atoms with E-state index in [2.05, 4.69) is 9.97 Å². The molecule has 132 valence electrons. The third kappa shape index (κ3) is 4.59. The first-order chi connectivity index (χ1) is 12.1. The van der Waals surface area contributed by atoms with Gasteiger partial charge in [0.25, 0.3) is 5.91 Å². The molecule has 0 aliphatic carbocycles. The number of ether oxygens (including phenoxy) is 3. The van der Waals surface area contributed by atoms with E-state index in [4.69, 9.17) is 14.2 Å². The smallest absolute Gasteiger partial charge is 0.260 e. The summed E-state index contributed by atoms with van der Waals surface area (Å²) < 4.78 is 16.4. The Morgan fingerprint density at radius 2 is 2.16 bits per heavy atom. The molecule has 1 aromatic carbocycles. The molecule has 1 saturated heterocycles. The number of hydrogen-bond donors (Lipinski definition) is 0. The number of likely N-dealkylation sites (tertiary alicyclic amines) is 1. The summed E-state index contributed by atoms with van der Waals surface area (Å²) in [4.78, 5) is 22.2. The van der Waals surface area contributed by atoms with Crippen molar-refractivity contribution in [2.75, 3.05) is 26.8 Å². The summed E-state index contributed by atoms with van der Waals surface area (Å²) in [5.74, 6) is 1.45. The fourth-order valence-corrected chi connectivity index (χ4v) is 2.65. The number of rotatable bonds is 6. The second-order valence-corrected chi connectivity index (χ2v) is 5.87. The monoisotopic (exact) mass is 343 g/mol. The van der Waals surface area contributed by atoms with Gasteiger partial charge in [-0.15, -0.1) is 0 Å². The predicted octanol–water partition coefficient (Wildman–Crippen LogP) is 1.85. The number of nitrogens with zero attached hydrogens (tertiary/aromatic N) is 3. The molecule has 1 aromatic heterocycles. The Labute approximate surface area is 146 Å². The zero-order valence-corrected chi connectivity index (χ0v) is 14.3. The summed E-state index contributed by atoms with van der Waals surface area (Å²) in [6.07, 6.45) is 3.69. The molecule has 7 nitrogen and oxygen atoms in total. The van der Waals surface area contributed by atoms with Gasteiger partial charge in [0.05, 0.1) is 26.0 Å². The normalized spacial score (nSPS) is 16.6. The summed E-state index contributed by atoms with van der Waals surface area (Å²) >= 11 is 0. The number of hydrogen-bond acceptors (Lipinski definition) is 6. The van der Waals surface area contributed by atoms with E-state index < -0.39 is 0 Å². The van der Waals surface area contributed by atoms with Gasteiger partial charge in [0.15, 0.2) is 6.61 Å². The molecular formula is C18H21N3O4. The molecule has 0 saturated carbocycles. The third-order valence-electron chi connectivity index (χ3n) is 3.94. The number of carbonyl (C=O) groups is 1. The Kier molecular flexibility index (Phi) is 5.33. The number of carbonyl (C=O) groups excluding carboxylic acids is 1. The molecule has 2 heterocycles. The van der Waals surface area contributed by atoms with E-state index >= 15 is 0 Å². The van der Waals surface area contributed by atoms with Crippen molar-refractivity contribution in [1.82, 2.24) is 14.9 Å². The van der Waals surface area contributed by atoms with E-state index in [0.29, 0.717) is 30.6 Å². The average molecular weight is 343 g/mol. The van der Waals surface area contributed by atoms with E-state index in [1.807, 2.05) is 31.2 Å². The molecule has 1 aliphatic rings. The molecule has 25 heavy (non-hydrogen) atoms. The maximum absolute atomic E-state index is 12.3. The number of aryl methyl sites for hydroxylation is 1. The lowest BCUT2D eigenvalue weighted by atomic mass is 10.2. The van der Waals surface area contributed by atoms with Crippen molar-refractivity contribution in [2.45, 2.75) is 19.4 Å². The number of aromatic nitrogens is 2. The van der Waals surface area contributed by atoms with Crippen LogP contribution in [0, 0.1) is 6.92 Å². The molecule has 1 unspecified atom stereocenters. The lowest BCUT2D eigenvalue weighted by molar-refractivity contribution is -0.132. The van der Waals surface area contributed by atoms with E-state index in [9.17, 15) is 4.79 Å². The minimum absolute atomic E-state index is 0.0230. The highest BCUT2D eigenvalue weighted by Crippen LogP contribution is 2.18. The largest absolute Gasteiger partial charge is 0.484 e. The maximum Gasteiger partial charge on any atom is 0.260 e. The van der Waals surface area contributed by atoms with Gasteiger partial charge in [-0.25, -0.2) is 0 Å². The number of benzene rings is 1. The first-order valence-corrected chi connectivity index (χ1v) is 8.14. The van der Waals surface area contributed by atoms with Crippen molar-refractivity contribution in [3.05, 3.63) is 42.2 Å². The Balaban J connectivity index is 1.49. The fourth-order valence-electron chi connectivity index (χ4n) is 2.65. The van der Waals surface area contributed by atoms with Crippen LogP contribution < -0.4 is 14.2 Å². The summed E-state index contributed by atoms with van der Waals surface area (Å²) in [6.45, 7) is 3.15. The zero-order valence-electron chi connectivity index (χ0n) is 14.3. The highest BCUT2D eigenvalue weighted by molar-refractivity contribution is 5.78. The van der Waals surface area contributed by atoms with Crippen LogP contribution in [0.2, 0.25) is 0 Å². The van der Waals surface area contributed by atoms with Gasteiger partial charge in [-0.1, -0.05) is 12.1 Å². The molecule has 1 atom stereocenters. The van der Waals surface area contributed by atoms with Crippen LogP contribution in [0.15, 0.2) is 36.7 Å². The van der Waals surface area contributed by atoms with Crippen LogP contribution >= 0.6 is 0 Å². The Morgan fingerprint density at radius 1 is 1.32 bits per heavy atom. The minimum atomic E-state index is -0.107. The van der Waals surface area contributed by atoms with Gasteiger partial charge < -0.3 is 19.1 Å². The van der Waals surface area contributed by atoms with Gasteiger partial charge in [0.1, 0.15) is 11.9 Å². The van der Waals surface area contributed by atoms with Crippen molar-refractivity contribution < 1.29 is 19.0 Å². The third-order valence-corrected chi connectivity index (χ3v) is 3.94. The van der Waals surface area contributed by atoms with E-state index in [-0.39, 0.29) is 18.6 Å². The maximum atomic E-state index is 12.3. The number of amides is 1. The molecule has 0 radical (unpaired) electrons. The lowest BCUT2D eigenvalue weighted by Gasteiger charge is -2.17. The molecule has 0 N–H and O–H groups in total. The summed E-state index contributed by atoms with van der Waals surface area (Å²) in [7, 11) is 1.53. The zero-order chi connectivity index (χ0) is 17.6. The lowest BCUT2D eigenvalue weighted by Crippen LogP contribution is -2.34. The Morgan fingerprint density at radius 3 is 2.96 bits per heavy atom. The van der Waals surface area contributed by atoms with Crippen molar-refractivity contribution >= 4 is 5.91 Å². The van der Waals surface area contributed by atoms with Gasteiger partial charge >= 0.3 is 0 Å². The molecule has 0 bridgehead atoms. The summed E-state index contributed by atoms with van der Waals surface area (Å²) in [5, 5.41) is 0. The molecule has 3 rings (SSSR count). The van der Waals surface area contributed by atoms with Crippen LogP contribution in [0.4, 0.5) is 0 Å². The van der Waals surface area contributed by atoms with E-state index in [1.165, 1.54) is 19.5 Å². The van der Waals surface area contributed by atoms with Gasteiger partial charge in [-0.05, 0) is 24.6 Å². The number of methoxy groups -OCH3 is 1. The first-order valence-electron chi connectivity index (χ1n) is 8.14. The molecule has 2 aromatic rings. The molecule has 1 fully saturated rings. The topological polar surface area (TPSA) is 73.8 Å². The van der Waals surface area contributed by atoms with Gasteiger partial charge in [-0.2, -0.15) is 4.98 Å². The first kappa shape index (κ1) is 17.0. The molecule has 1 aliphatic heterocycles.